The zero-order valence-corrected chi connectivity index (χ0v) is 12.5. The molecule has 1 aromatic heterocycles. The minimum atomic E-state index is -0.579. The Bertz CT molecular complexity index is 894. The number of nitrogens with zero attached hydrogens (tertiary/aromatic N) is 2. The van der Waals surface area contributed by atoms with Crippen LogP contribution in [0, 0.1) is 18.3 Å². The lowest BCUT2D eigenvalue weighted by Gasteiger charge is -2.05. The summed E-state index contributed by atoms with van der Waals surface area (Å²) in [6.45, 7) is 2.02. The average Bonchev–Trinajstić information content (AvgIpc) is 2.95. The van der Waals surface area contributed by atoms with E-state index in [4.69, 9.17) is 10.00 Å². The molecule has 3 rings (SSSR count). The molecule has 0 bridgehead atoms. The predicted molar refractivity (Wildman–Crippen MR) is 85.8 cm³/mol. The van der Waals surface area contributed by atoms with Crippen LogP contribution in [0.5, 0.6) is 0 Å². The van der Waals surface area contributed by atoms with Gasteiger partial charge < -0.3 is 4.74 Å². The number of H-pyrrole nitrogens is 1. The van der Waals surface area contributed by atoms with Gasteiger partial charge in [0.25, 0.3) is 0 Å². The summed E-state index contributed by atoms with van der Waals surface area (Å²) < 4.78 is 5.17. The van der Waals surface area contributed by atoms with Crippen molar-refractivity contribution in [3.8, 4) is 6.07 Å². The third kappa shape index (κ3) is 3.14. The van der Waals surface area contributed by atoms with Crippen LogP contribution in [0.15, 0.2) is 42.5 Å². The van der Waals surface area contributed by atoms with E-state index in [1.807, 2.05) is 43.3 Å². The lowest BCUT2D eigenvalue weighted by molar-refractivity contribution is 0.155. The van der Waals surface area contributed by atoms with Crippen LogP contribution in [-0.4, -0.2) is 16.3 Å². The summed E-state index contributed by atoms with van der Waals surface area (Å²) in [5.41, 5.74) is 2.98. The lowest BCUT2D eigenvalue weighted by atomic mass is 10.1. The molecule has 114 valence electrons. The first-order chi connectivity index (χ1) is 11.2. The van der Waals surface area contributed by atoms with Crippen molar-refractivity contribution in [3.05, 3.63) is 59.2 Å². The van der Waals surface area contributed by atoms with Crippen molar-refractivity contribution in [2.45, 2.75) is 13.5 Å². The van der Waals surface area contributed by atoms with Crippen LogP contribution in [-0.2, 0) is 11.3 Å². The van der Waals surface area contributed by atoms with Crippen LogP contribution in [0.4, 0.5) is 10.6 Å². The summed E-state index contributed by atoms with van der Waals surface area (Å²) in [6.07, 6.45) is -0.579. The van der Waals surface area contributed by atoms with E-state index in [0.29, 0.717) is 16.9 Å². The fourth-order valence-corrected chi connectivity index (χ4v) is 2.24. The molecule has 0 spiro atoms. The van der Waals surface area contributed by atoms with Gasteiger partial charge >= 0.3 is 6.09 Å². The summed E-state index contributed by atoms with van der Waals surface area (Å²) in [7, 11) is 0. The van der Waals surface area contributed by atoms with Crippen molar-refractivity contribution in [1.82, 2.24) is 10.2 Å². The molecule has 0 atom stereocenters. The summed E-state index contributed by atoms with van der Waals surface area (Å²) >= 11 is 0. The number of aromatic nitrogens is 2. The van der Waals surface area contributed by atoms with Crippen LogP contribution in [0.25, 0.3) is 10.9 Å². The van der Waals surface area contributed by atoms with Crippen molar-refractivity contribution in [3.63, 3.8) is 0 Å². The van der Waals surface area contributed by atoms with Gasteiger partial charge in [0, 0.05) is 5.39 Å². The second-order valence-electron chi connectivity index (χ2n) is 5.08. The SMILES string of the molecule is Cc1cc2c(NC(=O)OCc3ccccc3)n[nH]c2cc1C#N. The second kappa shape index (κ2) is 6.20. The number of rotatable bonds is 3. The van der Waals surface area contributed by atoms with E-state index in [-0.39, 0.29) is 6.61 Å². The number of aryl methyl sites for hydroxylation is 1. The molecule has 0 aliphatic rings. The zero-order chi connectivity index (χ0) is 16.2. The Kier molecular flexibility index (Phi) is 3.93. The van der Waals surface area contributed by atoms with Gasteiger partial charge in [-0.15, -0.1) is 0 Å². The van der Waals surface area contributed by atoms with Crippen molar-refractivity contribution in [1.29, 1.82) is 5.26 Å². The van der Waals surface area contributed by atoms with E-state index in [9.17, 15) is 4.79 Å². The summed E-state index contributed by atoms with van der Waals surface area (Å²) in [6, 6.07) is 15.1. The van der Waals surface area contributed by atoms with Crippen molar-refractivity contribution >= 4 is 22.8 Å². The minimum absolute atomic E-state index is 0.187. The highest BCUT2D eigenvalue weighted by Crippen LogP contribution is 2.24. The Labute approximate surface area is 132 Å². The highest BCUT2D eigenvalue weighted by Gasteiger charge is 2.12. The molecule has 3 aromatic rings. The molecular formula is C17H14N4O2. The molecule has 0 saturated carbocycles. The van der Waals surface area contributed by atoms with E-state index in [1.54, 1.807) is 6.07 Å². The molecule has 2 N–H and O–H groups in total. The van der Waals surface area contributed by atoms with E-state index in [2.05, 4.69) is 21.6 Å². The third-order valence-electron chi connectivity index (χ3n) is 3.46. The van der Waals surface area contributed by atoms with Gasteiger partial charge in [0.15, 0.2) is 5.82 Å². The number of benzene rings is 2. The van der Waals surface area contributed by atoms with Crippen molar-refractivity contribution < 1.29 is 9.53 Å². The maximum Gasteiger partial charge on any atom is 0.413 e. The number of ether oxygens (including phenoxy) is 1. The quantitative estimate of drug-likeness (QED) is 0.775. The molecular weight excluding hydrogens is 292 g/mol. The van der Waals surface area contributed by atoms with E-state index >= 15 is 0 Å². The normalized spacial score (nSPS) is 10.3. The van der Waals surface area contributed by atoms with Gasteiger partial charge in [-0.05, 0) is 30.2 Å². The van der Waals surface area contributed by atoms with Crippen LogP contribution in [0.1, 0.15) is 16.7 Å². The molecule has 1 amide bonds. The first kappa shape index (κ1) is 14.6. The van der Waals surface area contributed by atoms with Gasteiger partial charge in [-0.25, -0.2) is 4.79 Å². The number of hydrogen-bond acceptors (Lipinski definition) is 4. The summed E-state index contributed by atoms with van der Waals surface area (Å²) in [5.74, 6) is 0.380. The largest absolute Gasteiger partial charge is 0.444 e. The Morgan fingerprint density at radius 3 is 2.87 bits per heavy atom. The van der Waals surface area contributed by atoms with Gasteiger partial charge in [0.2, 0.25) is 0 Å². The molecule has 6 nitrogen and oxygen atoms in total. The summed E-state index contributed by atoms with van der Waals surface area (Å²) in [4.78, 5) is 11.9. The van der Waals surface area contributed by atoms with Crippen molar-refractivity contribution in [2.75, 3.05) is 5.32 Å². The maximum atomic E-state index is 11.9. The third-order valence-corrected chi connectivity index (χ3v) is 3.46. The molecule has 0 radical (unpaired) electrons. The molecule has 0 unspecified atom stereocenters. The van der Waals surface area contributed by atoms with Crippen molar-refractivity contribution in [2.24, 2.45) is 0 Å². The number of fused-ring (bicyclic) bond motifs is 1. The van der Waals surface area contributed by atoms with E-state index in [0.717, 1.165) is 16.5 Å². The van der Waals surface area contributed by atoms with Gasteiger partial charge in [-0.2, -0.15) is 10.4 Å². The number of nitrogens with one attached hydrogen (secondary N) is 2. The Morgan fingerprint density at radius 2 is 2.13 bits per heavy atom. The molecule has 0 saturated heterocycles. The predicted octanol–water partition coefficient (Wildman–Crippen LogP) is 3.49. The van der Waals surface area contributed by atoms with Crippen LogP contribution in [0.3, 0.4) is 0 Å². The highest BCUT2D eigenvalue weighted by molar-refractivity contribution is 5.97. The topological polar surface area (TPSA) is 90.8 Å². The monoisotopic (exact) mass is 306 g/mol. The standard InChI is InChI=1S/C17H14N4O2/c1-11-7-14-15(8-13(11)9-18)20-21-16(14)19-17(22)23-10-12-5-3-2-4-6-12/h2-8H,10H2,1H3,(H2,19,20,21,22). The molecule has 0 aliphatic carbocycles. The summed E-state index contributed by atoms with van der Waals surface area (Å²) in [5, 5.41) is 19.2. The molecule has 1 heterocycles. The Hall–Kier alpha value is -3.33. The molecule has 6 heteroatoms. The van der Waals surface area contributed by atoms with Gasteiger partial charge in [0.05, 0.1) is 17.1 Å². The first-order valence-electron chi connectivity index (χ1n) is 7.04. The fraction of sp³-hybridized carbons (Fsp3) is 0.118. The number of aromatic amines is 1. The highest BCUT2D eigenvalue weighted by atomic mass is 16.5. The van der Waals surface area contributed by atoms with Crippen LogP contribution in [0.2, 0.25) is 0 Å². The minimum Gasteiger partial charge on any atom is -0.444 e. The van der Waals surface area contributed by atoms with Gasteiger partial charge in [-0.1, -0.05) is 30.3 Å². The molecule has 2 aromatic carbocycles. The van der Waals surface area contributed by atoms with Crippen LogP contribution >= 0.6 is 0 Å². The molecule has 0 aliphatic heterocycles. The molecule has 23 heavy (non-hydrogen) atoms. The zero-order valence-electron chi connectivity index (χ0n) is 12.5. The molecule has 0 fully saturated rings. The average molecular weight is 306 g/mol. The van der Waals surface area contributed by atoms with E-state index in [1.165, 1.54) is 0 Å². The number of carbonyl (C=O) groups excluding carboxylic acids is 1. The number of anilines is 1. The Morgan fingerprint density at radius 1 is 1.35 bits per heavy atom. The lowest BCUT2D eigenvalue weighted by Crippen LogP contribution is -2.14. The fourth-order valence-electron chi connectivity index (χ4n) is 2.24. The number of amides is 1. The van der Waals surface area contributed by atoms with Gasteiger partial charge in [-0.3, -0.25) is 10.4 Å². The number of nitriles is 1. The van der Waals surface area contributed by atoms with Crippen LogP contribution < -0.4 is 5.32 Å². The first-order valence-corrected chi connectivity index (χ1v) is 7.04. The second-order valence-corrected chi connectivity index (χ2v) is 5.08. The smallest absolute Gasteiger partial charge is 0.413 e. The number of hydrogen-bond donors (Lipinski definition) is 2. The van der Waals surface area contributed by atoms with E-state index < -0.39 is 6.09 Å². The number of carbonyl (C=O) groups is 1. The Balaban J connectivity index is 1.73. The maximum absolute atomic E-state index is 11.9. The van der Waals surface area contributed by atoms with Gasteiger partial charge in [0.1, 0.15) is 6.61 Å².